The Labute approximate surface area is 114 Å². The van der Waals surface area contributed by atoms with Gasteiger partial charge in [-0.15, -0.1) is 11.3 Å². The maximum absolute atomic E-state index is 12.8. The van der Waals surface area contributed by atoms with Crippen molar-refractivity contribution in [2.45, 2.75) is 13.0 Å². The fraction of sp³-hybridized carbons (Fsp3) is 0.214. The highest BCUT2D eigenvalue weighted by Gasteiger charge is 2.21. The second-order valence-corrected chi connectivity index (χ2v) is 5.48. The Morgan fingerprint density at radius 3 is 2.84 bits per heavy atom. The van der Waals surface area contributed by atoms with Crippen molar-refractivity contribution in [2.24, 2.45) is 0 Å². The molecule has 0 fully saturated rings. The molecular weight excluding hydrogens is 263 g/mol. The van der Waals surface area contributed by atoms with E-state index in [1.54, 1.807) is 28.4 Å². The molecule has 1 aliphatic rings. The number of carbonyl (C=O) groups excluding carboxylic acids is 1. The van der Waals surface area contributed by atoms with Gasteiger partial charge >= 0.3 is 6.03 Å². The summed E-state index contributed by atoms with van der Waals surface area (Å²) in [6.45, 7) is 1.37. The van der Waals surface area contributed by atoms with E-state index >= 15 is 0 Å². The normalized spacial score (nSPS) is 14.1. The van der Waals surface area contributed by atoms with Crippen molar-refractivity contribution in [2.75, 3.05) is 11.9 Å². The van der Waals surface area contributed by atoms with E-state index in [-0.39, 0.29) is 11.8 Å². The van der Waals surface area contributed by atoms with Crippen molar-refractivity contribution in [3.05, 3.63) is 52.0 Å². The smallest absolute Gasteiger partial charge is 0.320 e. The zero-order valence-corrected chi connectivity index (χ0v) is 11.0. The third-order valence-corrected chi connectivity index (χ3v) is 4.21. The fourth-order valence-electron chi connectivity index (χ4n) is 2.16. The van der Waals surface area contributed by atoms with Crippen LogP contribution in [0, 0.1) is 5.82 Å². The van der Waals surface area contributed by atoms with Crippen LogP contribution in [0.2, 0.25) is 0 Å². The van der Waals surface area contributed by atoms with Gasteiger partial charge in [-0.1, -0.05) is 0 Å². The molecule has 3 rings (SSSR count). The molecule has 5 heteroatoms. The number of fused-ring (bicyclic) bond motifs is 1. The number of hydrogen-bond acceptors (Lipinski definition) is 2. The summed E-state index contributed by atoms with van der Waals surface area (Å²) in [6, 6.07) is 7.73. The zero-order chi connectivity index (χ0) is 13.2. The standard InChI is InChI=1S/C14H13FN2OS/c15-11-1-3-12(4-2-11)16-14(18)17-7-5-13-10(9-17)6-8-19-13/h1-4,6,8H,5,7,9H2,(H,16,18). The largest absolute Gasteiger partial charge is 0.322 e. The monoisotopic (exact) mass is 276 g/mol. The van der Waals surface area contributed by atoms with Gasteiger partial charge in [-0.2, -0.15) is 0 Å². The predicted octanol–water partition coefficient (Wildman–Crippen LogP) is 3.48. The second-order valence-electron chi connectivity index (χ2n) is 4.48. The molecule has 3 nitrogen and oxygen atoms in total. The van der Waals surface area contributed by atoms with Gasteiger partial charge in [-0.25, -0.2) is 9.18 Å². The van der Waals surface area contributed by atoms with E-state index in [1.807, 2.05) is 0 Å². The van der Waals surface area contributed by atoms with Gasteiger partial charge in [0.2, 0.25) is 0 Å². The number of amides is 2. The number of rotatable bonds is 1. The first-order chi connectivity index (χ1) is 9.22. The van der Waals surface area contributed by atoms with Crippen LogP contribution < -0.4 is 5.32 Å². The van der Waals surface area contributed by atoms with E-state index in [4.69, 9.17) is 0 Å². The van der Waals surface area contributed by atoms with Crippen molar-refractivity contribution < 1.29 is 9.18 Å². The average Bonchev–Trinajstić information content (AvgIpc) is 2.88. The molecule has 1 N–H and O–H groups in total. The zero-order valence-electron chi connectivity index (χ0n) is 10.2. The lowest BCUT2D eigenvalue weighted by Gasteiger charge is -2.27. The summed E-state index contributed by atoms with van der Waals surface area (Å²) in [7, 11) is 0. The number of carbonyl (C=O) groups is 1. The number of nitrogens with one attached hydrogen (secondary N) is 1. The van der Waals surface area contributed by atoms with Crippen molar-refractivity contribution in [3.63, 3.8) is 0 Å². The lowest BCUT2D eigenvalue weighted by Crippen LogP contribution is -2.38. The summed E-state index contributed by atoms with van der Waals surface area (Å²) >= 11 is 1.74. The number of nitrogens with zero attached hydrogens (tertiary/aromatic N) is 1. The van der Waals surface area contributed by atoms with E-state index in [1.165, 1.54) is 22.6 Å². The molecule has 19 heavy (non-hydrogen) atoms. The van der Waals surface area contributed by atoms with Crippen molar-refractivity contribution in [1.29, 1.82) is 0 Å². The van der Waals surface area contributed by atoms with Gasteiger partial charge in [0.05, 0.1) is 0 Å². The average molecular weight is 276 g/mol. The molecule has 0 unspecified atom stereocenters. The minimum absolute atomic E-state index is 0.136. The molecule has 0 saturated carbocycles. The SMILES string of the molecule is O=C(Nc1ccc(F)cc1)N1CCc2sccc2C1. The molecule has 1 aromatic carbocycles. The van der Waals surface area contributed by atoms with Crippen LogP contribution in [0.25, 0.3) is 0 Å². The van der Waals surface area contributed by atoms with Crippen LogP contribution in [0.4, 0.5) is 14.9 Å². The molecular formula is C14H13FN2OS. The Morgan fingerprint density at radius 1 is 1.26 bits per heavy atom. The van der Waals surface area contributed by atoms with Crippen LogP contribution >= 0.6 is 11.3 Å². The molecule has 2 amide bonds. The quantitative estimate of drug-likeness (QED) is 0.849. The molecule has 98 valence electrons. The number of hydrogen-bond donors (Lipinski definition) is 1. The van der Waals surface area contributed by atoms with Crippen molar-refractivity contribution in [1.82, 2.24) is 4.90 Å². The highest BCUT2D eigenvalue weighted by Crippen LogP contribution is 2.24. The summed E-state index contributed by atoms with van der Waals surface area (Å²) < 4.78 is 12.8. The Hall–Kier alpha value is -1.88. The Balaban J connectivity index is 1.67. The summed E-state index contributed by atoms with van der Waals surface area (Å²) in [4.78, 5) is 15.3. The van der Waals surface area contributed by atoms with Gasteiger partial charge in [0.25, 0.3) is 0 Å². The van der Waals surface area contributed by atoms with E-state index in [9.17, 15) is 9.18 Å². The minimum Gasteiger partial charge on any atom is -0.320 e. The lowest BCUT2D eigenvalue weighted by molar-refractivity contribution is 0.207. The molecule has 2 aromatic rings. The summed E-state index contributed by atoms with van der Waals surface area (Å²) in [5, 5.41) is 4.85. The predicted molar refractivity (Wildman–Crippen MR) is 73.9 cm³/mol. The van der Waals surface area contributed by atoms with E-state index in [2.05, 4.69) is 16.8 Å². The Bertz CT molecular complexity index is 594. The van der Waals surface area contributed by atoms with Gasteiger partial charge in [0, 0.05) is 23.7 Å². The van der Waals surface area contributed by atoms with Crippen LogP contribution in [-0.2, 0) is 13.0 Å². The maximum atomic E-state index is 12.8. The topological polar surface area (TPSA) is 32.3 Å². The van der Waals surface area contributed by atoms with Gasteiger partial charge in [0.1, 0.15) is 5.82 Å². The van der Waals surface area contributed by atoms with E-state index < -0.39 is 0 Å². The third kappa shape index (κ3) is 2.61. The molecule has 0 radical (unpaired) electrons. The Kier molecular flexibility index (Phi) is 3.21. The first kappa shape index (κ1) is 12.2. The van der Waals surface area contributed by atoms with Gasteiger partial charge in [-0.05, 0) is 47.7 Å². The first-order valence-corrected chi connectivity index (χ1v) is 6.97. The summed E-state index contributed by atoms with van der Waals surface area (Å²) in [5.41, 5.74) is 1.84. The Morgan fingerprint density at radius 2 is 2.05 bits per heavy atom. The molecule has 1 aliphatic heterocycles. The molecule has 0 bridgehead atoms. The van der Waals surface area contributed by atoms with Crippen molar-refractivity contribution in [3.8, 4) is 0 Å². The van der Waals surface area contributed by atoms with Gasteiger partial charge in [-0.3, -0.25) is 0 Å². The van der Waals surface area contributed by atoms with Crippen LogP contribution in [0.1, 0.15) is 10.4 Å². The number of anilines is 1. The van der Waals surface area contributed by atoms with E-state index in [0.29, 0.717) is 12.2 Å². The fourth-order valence-corrected chi connectivity index (χ4v) is 3.05. The third-order valence-electron chi connectivity index (χ3n) is 3.19. The highest BCUT2D eigenvalue weighted by molar-refractivity contribution is 7.10. The van der Waals surface area contributed by atoms with Crippen molar-refractivity contribution >= 4 is 23.1 Å². The molecule has 2 heterocycles. The lowest BCUT2D eigenvalue weighted by atomic mass is 10.1. The number of halogens is 1. The summed E-state index contributed by atoms with van der Waals surface area (Å²) in [5.74, 6) is -0.307. The molecule has 0 saturated heterocycles. The highest BCUT2D eigenvalue weighted by atomic mass is 32.1. The number of urea groups is 1. The van der Waals surface area contributed by atoms with Crippen LogP contribution in [-0.4, -0.2) is 17.5 Å². The molecule has 0 aliphatic carbocycles. The summed E-state index contributed by atoms with van der Waals surface area (Å²) in [6.07, 6.45) is 0.907. The second kappa shape index (κ2) is 5.01. The number of benzene rings is 1. The molecule has 1 aromatic heterocycles. The maximum Gasteiger partial charge on any atom is 0.322 e. The number of thiophene rings is 1. The van der Waals surface area contributed by atoms with Crippen LogP contribution in [0.3, 0.4) is 0 Å². The van der Waals surface area contributed by atoms with Gasteiger partial charge < -0.3 is 10.2 Å². The first-order valence-electron chi connectivity index (χ1n) is 6.09. The van der Waals surface area contributed by atoms with Gasteiger partial charge in [0.15, 0.2) is 0 Å². The van der Waals surface area contributed by atoms with E-state index in [0.717, 1.165) is 13.0 Å². The molecule has 0 spiro atoms. The van der Waals surface area contributed by atoms with Crippen LogP contribution in [0.5, 0.6) is 0 Å². The molecule has 0 atom stereocenters. The van der Waals surface area contributed by atoms with Crippen LogP contribution in [0.15, 0.2) is 35.7 Å². The minimum atomic E-state index is -0.307.